The van der Waals surface area contributed by atoms with Gasteiger partial charge in [0.2, 0.25) is 6.71 Å². The average molecular weight is 768 g/mol. The Hall–Kier alpha value is -7.34. The molecule has 0 unspecified atom stereocenters. The smallest absolute Gasteiger partial charge is 0.246 e. The zero-order valence-electron chi connectivity index (χ0n) is 32.4. The first-order valence-corrected chi connectivity index (χ1v) is 22.5. The number of anilines is 9. The van der Waals surface area contributed by atoms with Crippen LogP contribution in [0.2, 0.25) is 0 Å². The van der Waals surface area contributed by atoms with Crippen LogP contribution in [-0.4, -0.2) is 14.8 Å². The molecule has 5 heteroatoms. The van der Waals surface area contributed by atoms with Gasteiger partial charge in [0.15, 0.2) is 8.07 Å². The Morgan fingerprint density at radius 1 is 0.305 bits per heavy atom. The van der Waals surface area contributed by atoms with E-state index in [-0.39, 0.29) is 6.71 Å². The van der Waals surface area contributed by atoms with Gasteiger partial charge in [-0.2, -0.15) is 0 Å². The van der Waals surface area contributed by atoms with Gasteiger partial charge in [-0.15, -0.1) is 0 Å². The van der Waals surface area contributed by atoms with E-state index in [1.165, 1.54) is 54.2 Å². The highest BCUT2D eigenvalue weighted by Gasteiger charge is 2.55. The molecule has 59 heavy (non-hydrogen) atoms. The maximum atomic E-state index is 2.62. The highest BCUT2D eigenvalue weighted by atomic mass is 28.3. The fraction of sp³-hybridized carbons (Fsp3) is 0. The van der Waals surface area contributed by atoms with Gasteiger partial charge in [0.05, 0.1) is 28.4 Å². The van der Waals surface area contributed by atoms with Crippen LogP contribution >= 0.6 is 0 Å². The van der Waals surface area contributed by atoms with Crippen molar-refractivity contribution in [3.05, 3.63) is 231 Å². The van der Waals surface area contributed by atoms with Gasteiger partial charge >= 0.3 is 0 Å². The Kier molecular flexibility index (Phi) is 7.65. The first-order valence-electron chi connectivity index (χ1n) is 20.5. The van der Waals surface area contributed by atoms with Gasteiger partial charge in [-0.3, -0.25) is 0 Å². The van der Waals surface area contributed by atoms with Crippen molar-refractivity contribution in [2.75, 3.05) is 14.7 Å². The third kappa shape index (κ3) is 4.83. The molecular formula is C54H38BN3Si. The lowest BCUT2D eigenvalue weighted by Gasteiger charge is -2.51. The lowest BCUT2D eigenvalue weighted by Crippen LogP contribution is -2.87. The lowest BCUT2D eigenvalue weighted by atomic mass is 9.34. The fourth-order valence-corrected chi connectivity index (χ4v) is 15.7. The zero-order valence-corrected chi connectivity index (χ0v) is 33.4. The van der Waals surface area contributed by atoms with Gasteiger partial charge < -0.3 is 14.7 Å². The molecule has 0 N–H and O–H groups in total. The van der Waals surface area contributed by atoms with Crippen molar-refractivity contribution in [3.63, 3.8) is 0 Å². The molecule has 12 rings (SSSR count). The van der Waals surface area contributed by atoms with Crippen LogP contribution in [0.15, 0.2) is 231 Å². The number of fused-ring (bicyclic) bond motifs is 7. The van der Waals surface area contributed by atoms with E-state index in [0.29, 0.717) is 0 Å². The summed E-state index contributed by atoms with van der Waals surface area (Å²) in [4.78, 5) is 7.64. The van der Waals surface area contributed by atoms with Crippen molar-refractivity contribution >= 4 is 103 Å². The quantitative estimate of drug-likeness (QED) is 0.162. The molecule has 0 fully saturated rings. The molecular weight excluding hydrogens is 730 g/mol. The Morgan fingerprint density at radius 3 is 1.27 bits per heavy atom. The van der Waals surface area contributed by atoms with Crippen LogP contribution in [0.5, 0.6) is 0 Å². The molecule has 0 spiro atoms. The largest absolute Gasteiger partial charge is 0.309 e. The number of rotatable bonds is 5. The van der Waals surface area contributed by atoms with Crippen LogP contribution in [0, 0.1) is 0 Å². The van der Waals surface area contributed by atoms with Crippen LogP contribution in [-0.2, 0) is 0 Å². The molecule has 0 aromatic heterocycles. The Balaban J connectivity index is 1.35. The standard InChI is InChI=1S/C54H38BN3Si/c1-6-22-39(23-7-1)56-47-35-19-20-36-48(47)58(41-26-10-3-11-27-41)53-49(56)38-51-52-54(53)57(40-24-8-2-9-25-40)46-34-18-16-32-44(46)55(52)45-33-17-21-37-50(45)59(51,42-28-12-4-13-29-42)43-30-14-5-15-31-43/h1-38H. The molecule has 0 bridgehead atoms. The zero-order chi connectivity index (χ0) is 38.9. The van der Waals surface area contributed by atoms with Crippen molar-refractivity contribution in [3.8, 4) is 0 Å². The SMILES string of the molecule is c1ccc(N2c3ccccc3N(c3ccccc3)c3c2cc2c4c3N(c3ccccc3)c3ccccc3B4c3ccccc3[Si]2(c2ccccc2)c2ccccc2)cc1. The molecule has 0 atom stereocenters. The van der Waals surface area contributed by atoms with E-state index in [1.807, 2.05) is 0 Å². The monoisotopic (exact) mass is 767 g/mol. The summed E-state index contributed by atoms with van der Waals surface area (Å²) < 4.78 is 0. The van der Waals surface area contributed by atoms with E-state index < -0.39 is 8.07 Å². The van der Waals surface area contributed by atoms with Crippen LogP contribution in [0.25, 0.3) is 0 Å². The average Bonchev–Trinajstić information content (AvgIpc) is 3.32. The minimum atomic E-state index is -3.04. The second-order valence-corrected chi connectivity index (χ2v) is 19.3. The van der Waals surface area contributed by atoms with E-state index >= 15 is 0 Å². The number of hydrogen-bond donors (Lipinski definition) is 0. The van der Waals surface area contributed by atoms with E-state index in [9.17, 15) is 0 Å². The second kappa shape index (κ2) is 13.4. The number of hydrogen-bond acceptors (Lipinski definition) is 3. The van der Waals surface area contributed by atoms with E-state index in [1.54, 1.807) is 0 Å². The van der Waals surface area contributed by atoms with Crippen LogP contribution in [0.4, 0.5) is 51.2 Å². The Labute approximate surface area is 346 Å². The molecule has 276 valence electrons. The Morgan fingerprint density at radius 2 is 0.712 bits per heavy atom. The van der Waals surface area contributed by atoms with Gasteiger partial charge in [-0.25, -0.2) is 0 Å². The van der Waals surface area contributed by atoms with Crippen molar-refractivity contribution in [1.82, 2.24) is 0 Å². The van der Waals surface area contributed by atoms with Crippen molar-refractivity contribution in [1.29, 1.82) is 0 Å². The van der Waals surface area contributed by atoms with E-state index in [2.05, 4.69) is 245 Å². The van der Waals surface area contributed by atoms with Crippen molar-refractivity contribution in [2.24, 2.45) is 0 Å². The van der Waals surface area contributed by atoms with Gasteiger partial charge in [0.25, 0.3) is 0 Å². The Bertz CT molecular complexity index is 2980. The van der Waals surface area contributed by atoms with Gasteiger partial charge in [0.1, 0.15) is 0 Å². The topological polar surface area (TPSA) is 9.72 Å². The summed E-state index contributed by atoms with van der Waals surface area (Å²) in [5, 5.41) is 5.64. The van der Waals surface area contributed by atoms with E-state index in [4.69, 9.17) is 0 Å². The van der Waals surface area contributed by atoms with Gasteiger partial charge in [-0.05, 0) is 92.3 Å². The molecule has 3 nitrogen and oxygen atoms in total. The molecule has 3 aliphatic rings. The lowest BCUT2D eigenvalue weighted by molar-refractivity contribution is 1.16. The normalized spacial score (nSPS) is 14.1. The minimum absolute atomic E-state index is 0.00526. The third-order valence-corrected chi connectivity index (χ3v) is 17.5. The van der Waals surface area contributed by atoms with Gasteiger partial charge in [0, 0.05) is 22.7 Å². The number of para-hydroxylation sites is 6. The predicted molar refractivity (Wildman–Crippen MR) is 252 cm³/mol. The van der Waals surface area contributed by atoms with Crippen LogP contribution in [0.3, 0.4) is 0 Å². The van der Waals surface area contributed by atoms with Crippen LogP contribution in [0.1, 0.15) is 0 Å². The van der Waals surface area contributed by atoms with Crippen molar-refractivity contribution in [2.45, 2.75) is 0 Å². The van der Waals surface area contributed by atoms with E-state index in [0.717, 1.165) is 34.1 Å². The molecule has 9 aromatic carbocycles. The summed E-state index contributed by atoms with van der Waals surface area (Å²) in [7, 11) is -3.04. The van der Waals surface area contributed by atoms with Gasteiger partial charge in [-0.1, -0.05) is 175 Å². The molecule has 3 aliphatic heterocycles. The summed E-state index contributed by atoms with van der Waals surface area (Å²) in [6, 6.07) is 85.9. The maximum absolute atomic E-state index is 3.04. The highest BCUT2D eigenvalue weighted by molar-refractivity contribution is 7.26. The highest BCUT2D eigenvalue weighted by Crippen LogP contribution is 2.58. The molecule has 0 radical (unpaired) electrons. The molecule has 0 aliphatic carbocycles. The summed E-state index contributed by atoms with van der Waals surface area (Å²) >= 11 is 0. The molecule has 0 saturated carbocycles. The predicted octanol–water partition coefficient (Wildman–Crippen LogP) is 8.93. The summed E-state index contributed by atoms with van der Waals surface area (Å²) in [6.07, 6.45) is 0. The molecule has 9 aromatic rings. The second-order valence-electron chi connectivity index (χ2n) is 15.6. The maximum Gasteiger partial charge on any atom is 0.246 e. The van der Waals surface area contributed by atoms with Crippen molar-refractivity contribution < 1.29 is 0 Å². The molecule has 3 heterocycles. The number of nitrogens with zero attached hydrogens (tertiary/aromatic N) is 3. The summed E-state index contributed by atoms with van der Waals surface area (Å²) in [5.74, 6) is 0. The van der Waals surface area contributed by atoms with Crippen LogP contribution < -0.4 is 51.8 Å². The third-order valence-electron chi connectivity index (χ3n) is 12.7. The number of benzene rings is 9. The molecule has 0 saturated heterocycles. The fourth-order valence-electron chi connectivity index (χ4n) is 10.5. The first kappa shape index (κ1) is 33.8. The summed E-state index contributed by atoms with van der Waals surface area (Å²) in [5.41, 5.74) is 14.5. The molecule has 0 amide bonds. The first-order chi connectivity index (χ1) is 29.3. The summed E-state index contributed by atoms with van der Waals surface area (Å²) in [6.45, 7) is 0.00526. The minimum Gasteiger partial charge on any atom is -0.309 e.